The Balaban J connectivity index is 1.91. The number of nitrogens with one attached hydrogen (secondary N) is 1. The van der Waals surface area contributed by atoms with E-state index in [4.69, 9.17) is 34.7 Å². The van der Waals surface area contributed by atoms with Gasteiger partial charge in [0.25, 0.3) is 0 Å². The number of hydrogen-bond donors (Lipinski definition) is 3. The molecule has 2 aromatic heterocycles. The lowest BCUT2D eigenvalue weighted by Crippen LogP contribution is -2.49. The van der Waals surface area contributed by atoms with Crippen LogP contribution >= 0.6 is 7.75 Å². The van der Waals surface area contributed by atoms with E-state index in [1.165, 1.54) is 39.6 Å². The summed E-state index contributed by atoms with van der Waals surface area (Å²) in [4.78, 5) is 41.0. The van der Waals surface area contributed by atoms with Crippen LogP contribution in [0.2, 0.25) is 0 Å². The molecule has 0 aliphatic carbocycles. The number of carbonyl (C=O) groups is 3. The largest absolute Gasteiger partial charge is 0.468 e. The normalized spacial score (nSPS) is 15.9. The summed E-state index contributed by atoms with van der Waals surface area (Å²) in [6.07, 6.45) is 0.289. The second kappa shape index (κ2) is 16.8. The first kappa shape index (κ1) is 38.4. The van der Waals surface area contributed by atoms with Crippen LogP contribution in [0.4, 0.5) is 5.82 Å². The molecule has 0 spiro atoms. The van der Waals surface area contributed by atoms with Gasteiger partial charge >= 0.3 is 25.7 Å². The summed E-state index contributed by atoms with van der Waals surface area (Å²) in [5.41, 5.74) is 12.3. The van der Waals surface area contributed by atoms with E-state index in [9.17, 15) is 18.9 Å². The first-order valence-corrected chi connectivity index (χ1v) is 16.8. The smallest absolute Gasteiger partial charge is 0.459 e. The Hall–Kier alpha value is -4.08. The predicted molar refractivity (Wildman–Crippen MR) is 175 cm³/mol. The van der Waals surface area contributed by atoms with Crippen molar-refractivity contribution in [2.75, 3.05) is 26.6 Å². The summed E-state index contributed by atoms with van der Waals surface area (Å²) in [5.74, 6) is -1.37. The van der Waals surface area contributed by atoms with Crippen molar-refractivity contribution in [2.24, 2.45) is 5.73 Å². The number of aromatic nitrogens is 3. The second-order valence-corrected chi connectivity index (χ2v) is 13.2. The third kappa shape index (κ3) is 10.2. The predicted octanol–water partition coefficient (Wildman–Crippen LogP) is 2.76. The van der Waals surface area contributed by atoms with Gasteiger partial charge in [-0.05, 0) is 63.9 Å². The highest BCUT2D eigenvalue weighted by molar-refractivity contribution is 7.52. The van der Waals surface area contributed by atoms with Gasteiger partial charge in [0.2, 0.25) is 0 Å². The van der Waals surface area contributed by atoms with E-state index in [2.05, 4.69) is 19.9 Å². The number of esters is 3. The van der Waals surface area contributed by atoms with Crippen molar-refractivity contribution in [1.29, 1.82) is 0 Å². The summed E-state index contributed by atoms with van der Waals surface area (Å²) < 4.78 is 49.3. The molecule has 3 aromatic rings. The van der Waals surface area contributed by atoms with Gasteiger partial charge in [0.05, 0.1) is 19.8 Å². The molecule has 3 rings (SSSR count). The number of nitrogen functional groups attached to an aromatic ring is 1. The van der Waals surface area contributed by atoms with E-state index in [0.29, 0.717) is 16.8 Å². The van der Waals surface area contributed by atoms with Crippen molar-refractivity contribution in [3.63, 3.8) is 0 Å². The van der Waals surface area contributed by atoms with Crippen LogP contribution in [-0.2, 0) is 55.3 Å². The highest BCUT2D eigenvalue weighted by atomic mass is 31.2. The fourth-order valence-electron chi connectivity index (χ4n) is 4.50. The lowest BCUT2D eigenvalue weighted by Gasteiger charge is -2.36. The number of nitrogens with zero attached hydrogens (tertiary/aromatic N) is 3. The minimum atomic E-state index is -4.38. The molecule has 16 nitrogen and oxygen atoms in total. The maximum absolute atomic E-state index is 14.3. The monoisotopic (exact) mass is 692 g/mol. The Morgan fingerprint density at radius 1 is 1.02 bits per heavy atom. The quantitative estimate of drug-likeness (QED) is 0.0992. The molecule has 0 fully saturated rings. The number of hydrogen-bond acceptors (Lipinski definition) is 14. The fourth-order valence-corrected chi connectivity index (χ4v) is 6.09. The number of fused-ring (bicyclic) bond motifs is 1. The number of ether oxygens (including phenoxy) is 4. The molecular formula is C31H45N6O10P. The standard InChI is InChI=1S/C31H45N6O10P/c1-8-27(38)46-26(16-22-11-14-25-28(33)34-18-35-37(22)25)31(5,43-7)17-44-48(41,36-20(4)29(39)45-19(2)3)47-23-12-9-21(10-13-23)15-24(32)30(40)42-6/h9-14,18-20,24,26H,8,15-17,32H2,1-7H3,(H,36,41)(H2,33,34,35)/t20-,24-,26-,31+,48?/m0/s1. The molecule has 5 N–H and O–H groups in total. The molecule has 0 radical (unpaired) electrons. The second-order valence-electron chi connectivity index (χ2n) is 11.5. The van der Waals surface area contributed by atoms with Gasteiger partial charge in [0.15, 0.2) is 5.82 Å². The molecule has 0 saturated carbocycles. The number of rotatable bonds is 18. The van der Waals surface area contributed by atoms with Crippen LogP contribution in [0.15, 0.2) is 42.7 Å². The van der Waals surface area contributed by atoms with Crippen LogP contribution in [0.3, 0.4) is 0 Å². The lowest BCUT2D eigenvalue weighted by atomic mass is 9.95. The topological polar surface area (TPSA) is 218 Å². The molecule has 0 saturated heterocycles. The molecule has 48 heavy (non-hydrogen) atoms. The van der Waals surface area contributed by atoms with Crippen LogP contribution in [0.1, 0.15) is 52.3 Å². The molecule has 1 unspecified atom stereocenters. The zero-order valence-electron chi connectivity index (χ0n) is 28.2. The molecule has 2 heterocycles. The van der Waals surface area contributed by atoms with E-state index in [0.717, 1.165) is 0 Å². The molecule has 0 aliphatic heterocycles. The molecule has 5 atom stereocenters. The fraction of sp³-hybridized carbons (Fsp3) is 0.516. The highest BCUT2D eigenvalue weighted by Crippen LogP contribution is 2.46. The average molecular weight is 693 g/mol. The van der Waals surface area contributed by atoms with Gasteiger partial charge in [0, 0.05) is 25.6 Å². The maximum Gasteiger partial charge on any atom is 0.459 e. The number of anilines is 1. The Morgan fingerprint density at radius 3 is 2.31 bits per heavy atom. The van der Waals surface area contributed by atoms with Gasteiger partial charge < -0.3 is 34.9 Å². The molecular weight excluding hydrogens is 647 g/mol. The van der Waals surface area contributed by atoms with E-state index >= 15 is 0 Å². The van der Waals surface area contributed by atoms with E-state index < -0.39 is 62.2 Å². The van der Waals surface area contributed by atoms with Crippen LogP contribution in [0, 0.1) is 0 Å². The zero-order valence-corrected chi connectivity index (χ0v) is 29.1. The summed E-state index contributed by atoms with van der Waals surface area (Å²) in [6, 6.07) is 7.82. The maximum atomic E-state index is 14.3. The van der Waals surface area contributed by atoms with Gasteiger partial charge in [-0.3, -0.25) is 18.9 Å². The molecule has 0 aliphatic rings. The van der Waals surface area contributed by atoms with Crippen LogP contribution in [0.5, 0.6) is 5.75 Å². The molecule has 0 amide bonds. The Labute approximate surface area is 279 Å². The van der Waals surface area contributed by atoms with Gasteiger partial charge in [0.1, 0.15) is 41.4 Å². The van der Waals surface area contributed by atoms with Crippen molar-refractivity contribution in [3.8, 4) is 5.75 Å². The summed E-state index contributed by atoms with van der Waals surface area (Å²) in [5, 5.41) is 6.90. The SMILES string of the molecule is CCC(=O)O[C@@H](Cc1ccc2c(N)ncnn12)[C@@](C)(COP(=O)(N[C@@H](C)C(=O)OC(C)C)Oc1ccc(C[C@H](N)C(=O)OC)cc1)OC. The Kier molecular flexibility index (Phi) is 13.5. The first-order chi connectivity index (χ1) is 22.6. The Bertz CT molecular complexity index is 1600. The minimum Gasteiger partial charge on any atom is -0.468 e. The van der Waals surface area contributed by atoms with Crippen molar-refractivity contribution in [1.82, 2.24) is 19.7 Å². The average Bonchev–Trinajstić information content (AvgIpc) is 3.47. The van der Waals surface area contributed by atoms with Gasteiger partial charge in [-0.15, -0.1) is 0 Å². The molecule has 0 bridgehead atoms. The van der Waals surface area contributed by atoms with E-state index in [1.54, 1.807) is 56.5 Å². The lowest BCUT2D eigenvalue weighted by molar-refractivity contribution is -0.171. The van der Waals surface area contributed by atoms with E-state index in [1.807, 2.05) is 0 Å². The Morgan fingerprint density at radius 2 is 1.71 bits per heavy atom. The van der Waals surface area contributed by atoms with Crippen LogP contribution < -0.4 is 21.1 Å². The highest BCUT2D eigenvalue weighted by Gasteiger charge is 2.42. The number of nitrogens with two attached hydrogens (primary N) is 2. The molecule has 264 valence electrons. The summed E-state index contributed by atoms with van der Waals surface area (Å²) in [6.45, 7) is 7.67. The van der Waals surface area contributed by atoms with Crippen molar-refractivity contribution in [2.45, 2.75) is 83.8 Å². The summed E-state index contributed by atoms with van der Waals surface area (Å²) in [7, 11) is -1.73. The minimum absolute atomic E-state index is 0.0837. The van der Waals surface area contributed by atoms with Crippen LogP contribution in [0.25, 0.3) is 5.52 Å². The van der Waals surface area contributed by atoms with Gasteiger partial charge in [-0.1, -0.05) is 19.1 Å². The van der Waals surface area contributed by atoms with Crippen molar-refractivity contribution < 1.29 is 46.9 Å². The number of benzene rings is 1. The van der Waals surface area contributed by atoms with Gasteiger partial charge in [-0.25, -0.2) is 14.1 Å². The number of carbonyl (C=O) groups excluding carboxylic acids is 3. The van der Waals surface area contributed by atoms with Crippen molar-refractivity contribution in [3.05, 3.63) is 54.0 Å². The first-order valence-electron chi connectivity index (χ1n) is 15.3. The molecule has 17 heteroatoms. The van der Waals surface area contributed by atoms with Gasteiger partial charge in [-0.2, -0.15) is 10.2 Å². The zero-order chi connectivity index (χ0) is 35.6. The summed E-state index contributed by atoms with van der Waals surface area (Å²) >= 11 is 0. The van der Waals surface area contributed by atoms with Crippen LogP contribution in [-0.4, -0.2) is 83.2 Å². The molecule has 1 aromatic carbocycles. The van der Waals surface area contributed by atoms with E-state index in [-0.39, 0.29) is 30.8 Å². The third-order valence-corrected chi connectivity index (χ3v) is 8.97. The third-order valence-electron chi connectivity index (χ3n) is 7.35. The number of methoxy groups -OCH3 is 2. The van der Waals surface area contributed by atoms with Crippen molar-refractivity contribution >= 4 is 37.0 Å².